The van der Waals surface area contributed by atoms with Gasteiger partial charge in [-0.2, -0.15) is 0 Å². The average molecular weight is 147 g/mol. The Balaban J connectivity index is 0. The first-order valence-corrected chi connectivity index (χ1v) is 3.53. The van der Waals surface area contributed by atoms with Crippen molar-refractivity contribution in [1.29, 1.82) is 0 Å². The van der Waals surface area contributed by atoms with E-state index in [4.69, 9.17) is 0 Å². The number of likely N-dealkylation sites (N-methyl/N-ethyl adjacent to an activating group) is 1. The third-order valence-corrected chi connectivity index (χ3v) is 0.907. The number of hydrogen-bond donors (Lipinski definition) is 1. The van der Waals surface area contributed by atoms with Crippen LogP contribution in [0.2, 0.25) is 0 Å². The highest BCUT2D eigenvalue weighted by atomic mass is 16.5. The van der Waals surface area contributed by atoms with Gasteiger partial charge in [-0.1, -0.05) is 13.8 Å². The molecule has 1 atom stereocenters. The molecule has 1 unspecified atom stereocenters. The summed E-state index contributed by atoms with van der Waals surface area (Å²) < 4.78 is 4.44. The summed E-state index contributed by atoms with van der Waals surface area (Å²) >= 11 is 0. The van der Waals surface area contributed by atoms with Gasteiger partial charge < -0.3 is 10.1 Å². The fourth-order valence-electron chi connectivity index (χ4n) is 0.267. The maximum absolute atomic E-state index is 9.58. The first-order valence-electron chi connectivity index (χ1n) is 3.53. The Labute approximate surface area is 62.8 Å². The molecule has 10 heavy (non-hydrogen) atoms. The lowest BCUT2D eigenvalue weighted by molar-refractivity contribution is -0.129. The Kier molecular flexibility index (Phi) is 13.7. The summed E-state index contributed by atoms with van der Waals surface area (Å²) in [6.45, 7) is 6.83. The number of ether oxygens (including phenoxy) is 1. The Morgan fingerprint density at radius 3 is 2.40 bits per heavy atom. The second kappa shape index (κ2) is 11.3. The molecule has 0 fully saturated rings. The maximum atomic E-state index is 9.58. The summed E-state index contributed by atoms with van der Waals surface area (Å²) in [5.41, 5.74) is 0. The largest absolute Gasteiger partial charge is 0.466 e. The standard InChI is InChI=1S/C5H11NO2.C2H6/c1-5(6-2)3-8-4-7;1-2/h4-6H,3H2,1-2H3;1-2H3. The number of hydrogen-bond acceptors (Lipinski definition) is 3. The van der Waals surface area contributed by atoms with Crippen molar-refractivity contribution in [2.45, 2.75) is 26.8 Å². The zero-order chi connectivity index (χ0) is 8.41. The molecular weight excluding hydrogens is 130 g/mol. The van der Waals surface area contributed by atoms with Gasteiger partial charge in [0.1, 0.15) is 6.61 Å². The fraction of sp³-hybridized carbons (Fsp3) is 0.857. The zero-order valence-electron chi connectivity index (χ0n) is 7.18. The van der Waals surface area contributed by atoms with Crippen molar-refractivity contribution in [1.82, 2.24) is 5.32 Å². The van der Waals surface area contributed by atoms with Crippen LogP contribution in [0.15, 0.2) is 0 Å². The highest BCUT2D eigenvalue weighted by molar-refractivity contribution is 5.36. The van der Waals surface area contributed by atoms with E-state index in [1.54, 1.807) is 0 Å². The second-order valence-electron chi connectivity index (χ2n) is 1.62. The molecule has 0 saturated heterocycles. The summed E-state index contributed by atoms with van der Waals surface area (Å²) in [5.74, 6) is 0. The van der Waals surface area contributed by atoms with Gasteiger partial charge in [-0.05, 0) is 14.0 Å². The van der Waals surface area contributed by atoms with Crippen LogP contribution >= 0.6 is 0 Å². The molecule has 0 rings (SSSR count). The van der Waals surface area contributed by atoms with Gasteiger partial charge >= 0.3 is 0 Å². The Morgan fingerprint density at radius 1 is 1.60 bits per heavy atom. The molecule has 0 aliphatic carbocycles. The topological polar surface area (TPSA) is 38.3 Å². The van der Waals surface area contributed by atoms with Crippen molar-refractivity contribution in [3.05, 3.63) is 0 Å². The normalized spacial score (nSPS) is 10.8. The van der Waals surface area contributed by atoms with Gasteiger partial charge in [0.25, 0.3) is 6.47 Å². The van der Waals surface area contributed by atoms with Crippen molar-refractivity contribution in [3.63, 3.8) is 0 Å². The smallest absolute Gasteiger partial charge is 0.293 e. The highest BCUT2D eigenvalue weighted by Crippen LogP contribution is 1.77. The van der Waals surface area contributed by atoms with Crippen molar-refractivity contribution >= 4 is 6.47 Å². The van der Waals surface area contributed by atoms with E-state index in [-0.39, 0.29) is 6.04 Å². The molecule has 0 spiro atoms. The van der Waals surface area contributed by atoms with Crippen LogP contribution in [0.4, 0.5) is 0 Å². The molecule has 0 aromatic heterocycles. The van der Waals surface area contributed by atoms with Crippen LogP contribution in [0.3, 0.4) is 0 Å². The van der Waals surface area contributed by atoms with E-state index in [9.17, 15) is 4.79 Å². The molecule has 0 aliphatic heterocycles. The predicted molar refractivity (Wildman–Crippen MR) is 41.9 cm³/mol. The van der Waals surface area contributed by atoms with Crippen LogP contribution in [0.25, 0.3) is 0 Å². The molecular formula is C7H17NO2. The summed E-state index contributed by atoms with van der Waals surface area (Å²) in [5, 5.41) is 2.92. The van der Waals surface area contributed by atoms with Crippen molar-refractivity contribution in [3.8, 4) is 0 Å². The van der Waals surface area contributed by atoms with E-state index in [2.05, 4.69) is 10.1 Å². The molecule has 0 aliphatic rings. The molecule has 62 valence electrons. The lowest BCUT2D eigenvalue weighted by atomic mass is 10.4. The van der Waals surface area contributed by atoms with Crippen molar-refractivity contribution < 1.29 is 9.53 Å². The Hall–Kier alpha value is -0.570. The summed E-state index contributed by atoms with van der Waals surface area (Å²) in [6.07, 6.45) is 0. The molecule has 0 aromatic carbocycles. The van der Waals surface area contributed by atoms with Crippen LogP contribution in [-0.4, -0.2) is 26.2 Å². The quantitative estimate of drug-likeness (QED) is 0.597. The van der Waals surface area contributed by atoms with E-state index < -0.39 is 0 Å². The fourth-order valence-corrected chi connectivity index (χ4v) is 0.267. The average Bonchev–Trinajstić information content (AvgIpc) is 2.04. The Bertz CT molecular complexity index is 66.6. The molecule has 1 N–H and O–H groups in total. The van der Waals surface area contributed by atoms with Crippen LogP contribution in [0.5, 0.6) is 0 Å². The lowest BCUT2D eigenvalue weighted by Crippen LogP contribution is -2.26. The zero-order valence-corrected chi connectivity index (χ0v) is 7.18. The first-order chi connectivity index (χ1) is 4.81. The van der Waals surface area contributed by atoms with Gasteiger partial charge in [-0.3, -0.25) is 4.79 Å². The van der Waals surface area contributed by atoms with E-state index in [0.29, 0.717) is 13.1 Å². The van der Waals surface area contributed by atoms with Gasteiger partial charge in [0.15, 0.2) is 0 Å². The Morgan fingerprint density at radius 2 is 2.10 bits per heavy atom. The van der Waals surface area contributed by atoms with Crippen molar-refractivity contribution in [2.75, 3.05) is 13.7 Å². The van der Waals surface area contributed by atoms with E-state index in [1.807, 2.05) is 27.8 Å². The number of carbonyl (C=O) groups is 1. The van der Waals surface area contributed by atoms with Crippen molar-refractivity contribution in [2.24, 2.45) is 0 Å². The number of rotatable bonds is 4. The van der Waals surface area contributed by atoms with Gasteiger partial charge in [-0.25, -0.2) is 0 Å². The second-order valence-corrected chi connectivity index (χ2v) is 1.62. The maximum Gasteiger partial charge on any atom is 0.293 e. The predicted octanol–water partition coefficient (Wildman–Crippen LogP) is 0.793. The molecule has 0 radical (unpaired) electrons. The minimum atomic E-state index is 0.250. The highest BCUT2D eigenvalue weighted by Gasteiger charge is 1.93. The molecule has 0 aromatic rings. The molecule has 0 saturated carbocycles. The SMILES string of the molecule is CC.CNC(C)COC=O. The third kappa shape index (κ3) is 10.4. The van der Waals surface area contributed by atoms with E-state index in [0.717, 1.165) is 0 Å². The lowest BCUT2D eigenvalue weighted by Gasteiger charge is -2.05. The minimum Gasteiger partial charge on any atom is -0.466 e. The van der Waals surface area contributed by atoms with Crippen LogP contribution in [0, 0.1) is 0 Å². The molecule has 0 bridgehead atoms. The minimum absolute atomic E-state index is 0.250. The van der Waals surface area contributed by atoms with E-state index in [1.165, 1.54) is 0 Å². The first kappa shape index (κ1) is 12.1. The summed E-state index contributed by atoms with van der Waals surface area (Å²) in [7, 11) is 1.82. The molecule has 3 heteroatoms. The van der Waals surface area contributed by atoms with Gasteiger partial charge in [0, 0.05) is 6.04 Å². The monoisotopic (exact) mass is 147 g/mol. The van der Waals surface area contributed by atoms with Crippen LogP contribution in [-0.2, 0) is 9.53 Å². The third-order valence-electron chi connectivity index (χ3n) is 0.907. The van der Waals surface area contributed by atoms with Crippen LogP contribution in [0.1, 0.15) is 20.8 Å². The molecule has 3 nitrogen and oxygen atoms in total. The van der Waals surface area contributed by atoms with Gasteiger partial charge in [0.2, 0.25) is 0 Å². The van der Waals surface area contributed by atoms with Crippen LogP contribution < -0.4 is 5.32 Å². The number of carbonyl (C=O) groups excluding carboxylic acids is 1. The summed E-state index contributed by atoms with van der Waals surface area (Å²) in [6, 6.07) is 0.250. The molecule has 0 heterocycles. The van der Waals surface area contributed by atoms with Gasteiger partial charge in [-0.15, -0.1) is 0 Å². The number of nitrogens with one attached hydrogen (secondary N) is 1. The van der Waals surface area contributed by atoms with E-state index >= 15 is 0 Å². The summed E-state index contributed by atoms with van der Waals surface area (Å²) in [4.78, 5) is 9.58. The molecule has 0 amide bonds. The van der Waals surface area contributed by atoms with Gasteiger partial charge in [0.05, 0.1) is 0 Å².